The standard InChI is InChI=1S/C18H25N3O4/c1-4-20-9-11-21(12-10-20)16-8-6-5-7-14(16)19-15(18(23)25-3)13-17(22)24-2/h5-8,13,19H,4,9-12H2,1-3H3/b15-13+. The predicted molar refractivity (Wildman–Crippen MR) is 96.5 cm³/mol. The molecule has 0 aliphatic carbocycles. The van der Waals surface area contributed by atoms with E-state index in [1.54, 1.807) is 0 Å². The van der Waals surface area contributed by atoms with E-state index in [1.165, 1.54) is 14.2 Å². The van der Waals surface area contributed by atoms with E-state index in [0.717, 1.165) is 50.2 Å². The SMILES string of the molecule is CCN1CCN(c2ccccc2N/C(=C/C(=O)OC)C(=O)OC)CC1. The van der Waals surface area contributed by atoms with Crippen molar-refractivity contribution in [1.82, 2.24) is 4.90 Å². The predicted octanol–water partition coefficient (Wildman–Crippen LogP) is 1.47. The largest absolute Gasteiger partial charge is 0.466 e. The maximum Gasteiger partial charge on any atom is 0.354 e. The Morgan fingerprint density at radius 1 is 1.12 bits per heavy atom. The number of ether oxygens (including phenoxy) is 2. The molecule has 0 aromatic heterocycles. The number of methoxy groups -OCH3 is 2. The highest BCUT2D eigenvalue weighted by atomic mass is 16.5. The minimum Gasteiger partial charge on any atom is -0.466 e. The topological polar surface area (TPSA) is 71.1 Å². The second-order valence-electron chi connectivity index (χ2n) is 5.64. The van der Waals surface area contributed by atoms with E-state index in [1.807, 2.05) is 24.3 Å². The molecular weight excluding hydrogens is 322 g/mol. The number of esters is 2. The lowest BCUT2D eigenvalue weighted by molar-refractivity contribution is -0.138. The molecule has 0 unspecified atom stereocenters. The zero-order valence-electron chi connectivity index (χ0n) is 14.9. The molecule has 1 aromatic rings. The molecule has 136 valence electrons. The summed E-state index contributed by atoms with van der Waals surface area (Å²) in [5.74, 6) is -1.25. The molecule has 0 amide bonds. The lowest BCUT2D eigenvalue weighted by Crippen LogP contribution is -2.46. The number of hydrogen-bond acceptors (Lipinski definition) is 7. The fourth-order valence-corrected chi connectivity index (χ4v) is 2.74. The van der Waals surface area contributed by atoms with Gasteiger partial charge >= 0.3 is 11.9 Å². The first-order valence-corrected chi connectivity index (χ1v) is 8.30. The van der Waals surface area contributed by atoms with E-state index in [2.05, 4.69) is 26.8 Å². The summed E-state index contributed by atoms with van der Waals surface area (Å²) in [5, 5.41) is 3.02. The molecule has 0 saturated carbocycles. The second kappa shape index (κ2) is 9.08. The molecule has 1 N–H and O–H groups in total. The summed E-state index contributed by atoms with van der Waals surface area (Å²) in [6.45, 7) is 6.99. The Morgan fingerprint density at radius 3 is 2.40 bits per heavy atom. The van der Waals surface area contributed by atoms with E-state index in [0.29, 0.717) is 0 Å². The summed E-state index contributed by atoms with van der Waals surface area (Å²) < 4.78 is 9.35. The number of para-hydroxylation sites is 2. The fraction of sp³-hybridized carbons (Fsp3) is 0.444. The minimum atomic E-state index is -0.629. The van der Waals surface area contributed by atoms with Gasteiger partial charge in [-0.2, -0.15) is 0 Å². The van der Waals surface area contributed by atoms with Gasteiger partial charge in [0, 0.05) is 26.2 Å². The normalized spacial score (nSPS) is 15.6. The Hall–Kier alpha value is -2.54. The lowest BCUT2D eigenvalue weighted by atomic mass is 10.2. The Kier molecular flexibility index (Phi) is 6.82. The van der Waals surface area contributed by atoms with Crippen molar-refractivity contribution in [2.24, 2.45) is 0 Å². The Balaban J connectivity index is 2.23. The second-order valence-corrected chi connectivity index (χ2v) is 5.64. The Labute approximate surface area is 148 Å². The lowest BCUT2D eigenvalue weighted by Gasteiger charge is -2.36. The van der Waals surface area contributed by atoms with Crippen LogP contribution in [0.3, 0.4) is 0 Å². The smallest absolute Gasteiger partial charge is 0.354 e. The quantitative estimate of drug-likeness (QED) is 0.617. The zero-order valence-corrected chi connectivity index (χ0v) is 14.9. The van der Waals surface area contributed by atoms with Gasteiger partial charge in [-0.25, -0.2) is 9.59 Å². The van der Waals surface area contributed by atoms with Crippen LogP contribution in [0.15, 0.2) is 36.0 Å². The van der Waals surface area contributed by atoms with Crippen LogP contribution in [-0.4, -0.2) is 63.8 Å². The highest BCUT2D eigenvalue weighted by molar-refractivity contribution is 5.99. The van der Waals surface area contributed by atoms with Crippen LogP contribution >= 0.6 is 0 Å². The molecule has 7 heteroatoms. The molecule has 1 aromatic carbocycles. The van der Waals surface area contributed by atoms with Gasteiger partial charge in [-0.1, -0.05) is 19.1 Å². The molecule has 0 radical (unpaired) electrons. The summed E-state index contributed by atoms with van der Waals surface area (Å²) in [7, 11) is 2.53. The Bertz CT molecular complexity index is 637. The van der Waals surface area contributed by atoms with Gasteiger partial charge in [0.05, 0.1) is 31.7 Å². The number of likely N-dealkylation sites (N-methyl/N-ethyl adjacent to an activating group) is 1. The summed E-state index contributed by atoms with van der Waals surface area (Å²) >= 11 is 0. The summed E-state index contributed by atoms with van der Waals surface area (Å²) in [6, 6.07) is 7.70. The van der Waals surface area contributed by atoms with Crippen LogP contribution in [0.4, 0.5) is 11.4 Å². The number of carbonyl (C=O) groups is 2. The van der Waals surface area contributed by atoms with Crippen molar-refractivity contribution in [3.05, 3.63) is 36.0 Å². The van der Waals surface area contributed by atoms with Crippen molar-refractivity contribution in [3.8, 4) is 0 Å². The molecule has 0 atom stereocenters. The van der Waals surface area contributed by atoms with Crippen LogP contribution in [0.5, 0.6) is 0 Å². The number of nitrogens with one attached hydrogen (secondary N) is 1. The molecule has 25 heavy (non-hydrogen) atoms. The van der Waals surface area contributed by atoms with Crippen molar-refractivity contribution in [2.75, 3.05) is 57.2 Å². The first kappa shape index (κ1) is 18.8. The molecule has 7 nitrogen and oxygen atoms in total. The highest BCUT2D eigenvalue weighted by Gasteiger charge is 2.20. The molecule has 1 heterocycles. The third-order valence-corrected chi connectivity index (χ3v) is 4.20. The average Bonchev–Trinajstić information content (AvgIpc) is 2.67. The van der Waals surface area contributed by atoms with Gasteiger partial charge in [0.1, 0.15) is 5.70 Å². The van der Waals surface area contributed by atoms with E-state index in [9.17, 15) is 9.59 Å². The molecule has 0 bridgehead atoms. The fourth-order valence-electron chi connectivity index (χ4n) is 2.74. The van der Waals surface area contributed by atoms with Gasteiger partial charge in [-0.15, -0.1) is 0 Å². The molecule has 1 aliphatic heterocycles. The van der Waals surface area contributed by atoms with E-state index in [4.69, 9.17) is 4.74 Å². The van der Waals surface area contributed by atoms with Crippen molar-refractivity contribution < 1.29 is 19.1 Å². The Morgan fingerprint density at radius 2 is 1.80 bits per heavy atom. The number of piperazine rings is 1. The zero-order chi connectivity index (χ0) is 18.2. The summed E-state index contributed by atoms with van der Waals surface area (Å²) in [5.41, 5.74) is 1.76. The van der Waals surface area contributed by atoms with E-state index >= 15 is 0 Å². The number of benzene rings is 1. The van der Waals surface area contributed by atoms with Gasteiger partial charge in [-0.3, -0.25) is 0 Å². The average molecular weight is 347 g/mol. The van der Waals surface area contributed by atoms with E-state index in [-0.39, 0.29) is 5.70 Å². The van der Waals surface area contributed by atoms with Crippen molar-refractivity contribution >= 4 is 23.3 Å². The molecule has 2 rings (SSSR count). The van der Waals surface area contributed by atoms with Crippen LogP contribution in [-0.2, 0) is 19.1 Å². The molecule has 1 fully saturated rings. The van der Waals surface area contributed by atoms with Crippen LogP contribution in [0.2, 0.25) is 0 Å². The maximum atomic E-state index is 12.0. The minimum absolute atomic E-state index is 0.0361. The van der Waals surface area contributed by atoms with Gasteiger partial charge in [0.2, 0.25) is 0 Å². The summed E-state index contributed by atoms with van der Waals surface area (Å²) in [6.07, 6.45) is 1.09. The molecule has 1 saturated heterocycles. The van der Waals surface area contributed by atoms with Crippen molar-refractivity contribution in [1.29, 1.82) is 0 Å². The monoisotopic (exact) mass is 347 g/mol. The molecular formula is C18H25N3O4. The van der Waals surface area contributed by atoms with Gasteiger partial charge < -0.3 is 24.6 Å². The number of nitrogens with zero attached hydrogens (tertiary/aromatic N) is 2. The third kappa shape index (κ3) is 4.96. The first-order valence-electron chi connectivity index (χ1n) is 8.30. The maximum absolute atomic E-state index is 12.0. The van der Waals surface area contributed by atoms with Crippen LogP contribution < -0.4 is 10.2 Å². The van der Waals surface area contributed by atoms with Gasteiger partial charge in [-0.05, 0) is 18.7 Å². The van der Waals surface area contributed by atoms with Crippen molar-refractivity contribution in [2.45, 2.75) is 6.92 Å². The van der Waals surface area contributed by atoms with Crippen LogP contribution in [0, 0.1) is 0 Å². The third-order valence-electron chi connectivity index (χ3n) is 4.20. The number of rotatable bonds is 6. The van der Waals surface area contributed by atoms with Gasteiger partial charge in [0.25, 0.3) is 0 Å². The van der Waals surface area contributed by atoms with Crippen LogP contribution in [0.1, 0.15) is 6.92 Å². The van der Waals surface area contributed by atoms with Crippen molar-refractivity contribution in [3.63, 3.8) is 0 Å². The molecule has 0 spiro atoms. The van der Waals surface area contributed by atoms with E-state index < -0.39 is 11.9 Å². The number of hydrogen-bond donors (Lipinski definition) is 1. The highest BCUT2D eigenvalue weighted by Crippen LogP contribution is 2.28. The summed E-state index contributed by atoms with van der Waals surface area (Å²) in [4.78, 5) is 28.1. The van der Waals surface area contributed by atoms with Gasteiger partial charge in [0.15, 0.2) is 0 Å². The number of carbonyl (C=O) groups excluding carboxylic acids is 2. The first-order chi connectivity index (χ1) is 12.1. The van der Waals surface area contributed by atoms with Crippen LogP contribution in [0.25, 0.3) is 0 Å². The molecule has 1 aliphatic rings. The number of anilines is 2.